The van der Waals surface area contributed by atoms with Crippen LogP contribution in [0.2, 0.25) is 0 Å². The van der Waals surface area contributed by atoms with Crippen LogP contribution >= 0.6 is 27.3 Å². The van der Waals surface area contributed by atoms with E-state index in [9.17, 15) is 14.4 Å². The van der Waals surface area contributed by atoms with Gasteiger partial charge in [0, 0.05) is 11.4 Å². The Morgan fingerprint density at radius 3 is 2.57 bits per heavy atom. The average molecular weight is 557 g/mol. The van der Waals surface area contributed by atoms with Crippen molar-refractivity contribution in [2.75, 3.05) is 14.2 Å². The monoisotopic (exact) mass is 556 g/mol. The Bertz CT molecular complexity index is 1550. The largest absolute Gasteiger partial charge is 0.493 e. The van der Waals surface area contributed by atoms with Crippen molar-refractivity contribution in [2.45, 2.75) is 19.9 Å². The van der Waals surface area contributed by atoms with Crippen molar-refractivity contribution in [3.63, 3.8) is 0 Å². The Labute approximate surface area is 212 Å². The third-order valence-corrected chi connectivity index (χ3v) is 6.81. The minimum absolute atomic E-state index is 0.228. The van der Waals surface area contributed by atoms with Gasteiger partial charge in [-0.2, -0.15) is 0 Å². The molecular formula is C25H21BrN2O6S. The fourth-order valence-electron chi connectivity index (χ4n) is 3.85. The summed E-state index contributed by atoms with van der Waals surface area (Å²) in [6.45, 7) is 2.99. The number of methoxy groups -OCH3 is 2. The highest BCUT2D eigenvalue weighted by molar-refractivity contribution is 9.10. The molecule has 0 bridgehead atoms. The Hall–Kier alpha value is -3.50. The number of carbonyl (C=O) groups is 2. The lowest BCUT2D eigenvalue weighted by atomic mass is 9.95. The fraction of sp³-hybridized carbons (Fsp3) is 0.200. The van der Waals surface area contributed by atoms with Gasteiger partial charge in [0.05, 0.1) is 36.1 Å². The Morgan fingerprint density at radius 2 is 1.91 bits per heavy atom. The summed E-state index contributed by atoms with van der Waals surface area (Å²) in [6, 6.07) is 11.6. The molecule has 0 saturated carbocycles. The van der Waals surface area contributed by atoms with Crippen LogP contribution in [0.4, 0.5) is 0 Å². The summed E-state index contributed by atoms with van der Waals surface area (Å²) in [5, 5.41) is 0. The zero-order valence-corrected chi connectivity index (χ0v) is 21.7. The number of nitrogens with zero attached hydrogens (tertiary/aromatic N) is 2. The number of rotatable bonds is 5. The molecule has 3 aromatic rings. The van der Waals surface area contributed by atoms with Gasteiger partial charge in [-0.05, 0) is 48.4 Å². The van der Waals surface area contributed by atoms with E-state index < -0.39 is 18.0 Å². The number of benzene rings is 2. The van der Waals surface area contributed by atoms with Crippen molar-refractivity contribution in [3.05, 3.63) is 89.0 Å². The molecular weight excluding hydrogens is 536 g/mol. The number of thiazole rings is 1. The van der Waals surface area contributed by atoms with E-state index in [-0.39, 0.29) is 22.6 Å². The van der Waals surface area contributed by atoms with Gasteiger partial charge in [0.1, 0.15) is 0 Å². The maximum atomic E-state index is 13.6. The van der Waals surface area contributed by atoms with Crippen LogP contribution in [-0.2, 0) is 14.3 Å². The molecule has 8 nitrogen and oxygen atoms in total. The van der Waals surface area contributed by atoms with Crippen molar-refractivity contribution in [2.24, 2.45) is 4.99 Å². The topological polar surface area (TPSA) is 96.2 Å². The number of esters is 2. The van der Waals surface area contributed by atoms with E-state index in [2.05, 4.69) is 20.9 Å². The van der Waals surface area contributed by atoms with E-state index >= 15 is 0 Å². The first kappa shape index (κ1) is 24.6. The lowest BCUT2D eigenvalue weighted by molar-refractivity contribution is -0.136. The second kappa shape index (κ2) is 10.0. The maximum absolute atomic E-state index is 13.6. The molecule has 10 heteroatoms. The number of halogens is 1. The van der Waals surface area contributed by atoms with E-state index in [4.69, 9.17) is 14.2 Å². The highest BCUT2D eigenvalue weighted by Crippen LogP contribution is 2.36. The first-order valence-corrected chi connectivity index (χ1v) is 12.1. The van der Waals surface area contributed by atoms with Crippen molar-refractivity contribution in [3.8, 4) is 11.5 Å². The molecule has 0 fully saturated rings. The molecule has 1 unspecified atom stereocenters. The lowest BCUT2D eigenvalue weighted by Crippen LogP contribution is -2.39. The van der Waals surface area contributed by atoms with Gasteiger partial charge in [0.15, 0.2) is 16.3 Å². The molecule has 4 rings (SSSR count). The second-order valence-corrected chi connectivity index (χ2v) is 9.56. The van der Waals surface area contributed by atoms with Gasteiger partial charge in [-0.1, -0.05) is 45.5 Å². The summed E-state index contributed by atoms with van der Waals surface area (Å²) >= 11 is 4.68. The van der Waals surface area contributed by atoms with Gasteiger partial charge < -0.3 is 14.2 Å². The minimum Gasteiger partial charge on any atom is -0.493 e. The third-order valence-electron chi connectivity index (χ3n) is 5.33. The number of hydrogen-bond acceptors (Lipinski definition) is 8. The smallest absolute Gasteiger partial charge is 0.338 e. The highest BCUT2D eigenvalue weighted by atomic mass is 79.9. The van der Waals surface area contributed by atoms with E-state index in [1.165, 1.54) is 37.0 Å². The first-order valence-electron chi connectivity index (χ1n) is 10.5. The summed E-state index contributed by atoms with van der Waals surface area (Å²) in [7, 11) is 2.72. The van der Waals surface area contributed by atoms with Crippen molar-refractivity contribution in [1.29, 1.82) is 0 Å². The zero-order valence-electron chi connectivity index (χ0n) is 19.3. The molecule has 0 aliphatic carbocycles. The van der Waals surface area contributed by atoms with Crippen LogP contribution in [0.15, 0.2) is 68.0 Å². The lowest BCUT2D eigenvalue weighted by Gasteiger charge is -2.25. The van der Waals surface area contributed by atoms with Gasteiger partial charge in [-0.3, -0.25) is 14.2 Å². The summed E-state index contributed by atoms with van der Waals surface area (Å²) in [5.41, 5.74) is 1.80. The number of carbonyl (C=O) groups excluding carboxylic acids is 2. The van der Waals surface area contributed by atoms with Crippen LogP contribution in [0.25, 0.3) is 6.08 Å². The molecule has 2 heterocycles. The SMILES string of the molecule is COC(=O)C1=C(C)N=c2s/c(=C\c3cccc(Br)c3)c(=O)n2C1c1ccc(OC(C)=O)c(OC)c1. The Morgan fingerprint density at radius 1 is 1.14 bits per heavy atom. The molecule has 1 atom stereocenters. The average Bonchev–Trinajstić information content (AvgIpc) is 3.12. The van der Waals surface area contributed by atoms with E-state index in [0.717, 1.165) is 10.0 Å². The second-order valence-electron chi connectivity index (χ2n) is 7.63. The molecule has 0 radical (unpaired) electrons. The van der Waals surface area contributed by atoms with Gasteiger partial charge in [0.25, 0.3) is 5.56 Å². The number of aromatic nitrogens is 1. The normalized spacial score (nSPS) is 15.3. The van der Waals surface area contributed by atoms with Crippen LogP contribution in [-0.4, -0.2) is 30.7 Å². The standard InChI is InChI=1S/C25H21BrN2O6S/c1-13-21(24(31)33-4)22(16-8-9-18(34-14(2)29)19(12-16)32-3)28-23(30)20(35-25(28)27-13)11-15-6-5-7-17(26)10-15/h5-12,22H,1-4H3/b20-11-. The minimum atomic E-state index is -0.816. The molecule has 1 aliphatic heterocycles. The molecule has 180 valence electrons. The number of hydrogen-bond donors (Lipinski definition) is 0. The first-order chi connectivity index (χ1) is 16.7. The number of ether oxygens (including phenoxy) is 3. The van der Waals surface area contributed by atoms with Crippen LogP contribution in [0, 0.1) is 0 Å². The molecule has 0 amide bonds. The third kappa shape index (κ3) is 4.85. The Kier molecular flexibility index (Phi) is 7.04. The fourth-order valence-corrected chi connectivity index (χ4v) is 5.31. The maximum Gasteiger partial charge on any atom is 0.338 e. The predicted octanol–water partition coefficient (Wildman–Crippen LogP) is 3.10. The molecule has 1 aromatic heterocycles. The van der Waals surface area contributed by atoms with E-state index in [0.29, 0.717) is 20.6 Å². The molecule has 0 spiro atoms. The van der Waals surface area contributed by atoms with Crippen molar-refractivity contribution >= 4 is 45.3 Å². The van der Waals surface area contributed by atoms with Gasteiger partial charge in [0.2, 0.25) is 0 Å². The quantitative estimate of drug-likeness (QED) is 0.354. The van der Waals surface area contributed by atoms with E-state index in [1.807, 2.05) is 24.3 Å². The Balaban J connectivity index is 1.96. The molecule has 2 aromatic carbocycles. The summed E-state index contributed by atoms with van der Waals surface area (Å²) in [4.78, 5) is 42.9. The highest BCUT2D eigenvalue weighted by Gasteiger charge is 2.33. The van der Waals surface area contributed by atoms with E-state index in [1.54, 1.807) is 31.2 Å². The van der Waals surface area contributed by atoms with Gasteiger partial charge in [-0.25, -0.2) is 9.79 Å². The molecule has 0 saturated heterocycles. The van der Waals surface area contributed by atoms with Crippen LogP contribution in [0.1, 0.15) is 31.0 Å². The zero-order chi connectivity index (χ0) is 25.3. The predicted molar refractivity (Wildman–Crippen MR) is 134 cm³/mol. The summed E-state index contributed by atoms with van der Waals surface area (Å²) in [6.07, 6.45) is 1.78. The molecule has 1 aliphatic rings. The van der Waals surface area contributed by atoms with Crippen LogP contribution in [0.3, 0.4) is 0 Å². The molecule has 35 heavy (non-hydrogen) atoms. The molecule has 0 N–H and O–H groups in total. The van der Waals surface area contributed by atoms with Crippen LogP contribution in [0.5, 0.6) is 11.5 Å². The number of fused-ring (bicyclic) bond motifs is 1. The van der Waals surface area contributed by atoms with Crippen molar-refractivity contribution in [1.82, 2.24) is 4.57 Å². The van der Waals surface area contributed by atoms with Gasteiger partial charge in [-0.15, -0.1) is 0 Å². The summed E-state index contributed by atoms with van der Waals surface area (Å²) < 4.78 is 18.5. The summed E-state index contributed by atoms with van der Waals surface area (Å²) in [5.74, 6) is -0.581. The number of allylic oxidation sites excluding steroid dienone is 1. The van der Waals surface area contributed by atoms with Crippen molar-refractivity contribution < 1.29 is 23.8 Å². The van der Waals surface area contributed by atoms with Gasteiger partial charge >= 0.3 is 11.9 Å². The van der Waals surface area contributed by atoms with Crippen LogP contribution < -0.4 is 24.4 Å².